The van der Waals surface area contributed by atoms with E-state index in [0.29, 0.717) is 17.0 Å². The zero-order valence-electron chi connectivity index (χ0n) is 13.6. The van der Waals surface area contributed by atoms with Gasteiger partial charge in [0.05, 0.1) is 13.2 Å². The molecule has 1 aliphatic carbocycles. The molecule has 1 aromatic rings. The van der Waals surface area contributed by atoms with Crippen LogP contribution in [-0.4, -0.2) is 35.3 Å². The number of H-pyrrole nitrogens is 1. The first kappa shape index (κ1) is 18.0. The van der Waals surface area contributed by atoms with Crippen molar-refractivity contribution in [1.29, 1.82) is 0 Å². The number of rotatable bonds is 6. The van der Waals surface area contributed by atoms with Crippen LogP contribution >= 0.6 is 11.6 Å². The minimum atomic E-state index is -0.591. The second-order valence-electron chi connectivity index (χ2n) is 5.14. The van der Waals surface area contributed by atoms with Gasteiger partial charge >= 0.3 is 11.9 Å². The topological polar surface area (TPSA) is 81.3 Å². The SMILES string of the molecule is C=C1C=CC(Cl)=CC1Cc1c(C(=O)OCC)n[nH]c1C(=O)OCC. The molecule has 0 amide bonds. The van der Waals surface area contributed by atoms with Crippen LogP contribution in [0.1, 0.15) is 40.4 Å². The zero-order chi connectivity index (χ0) is 17.7. The molecule has 0 fully saturated rings. The van der Waals surface area contributed by atoms with Gasteiger partial charge in [-0.3, -0.25) is 5.10 Å². The highest BCUT2D eigenvalue weighted by atomic mass is 35.5. The first-order chi connectivity index (χ1) is 11.5. The monoisotopic (exact) mass is 350 g/mol. The van der Waals surface area contributed by atoms with E-state index in [4.69, 9.17) is 21.1 Å². The van der Waals surface area contributed by atoms with Crippen molar-refractivity contribution in [2.45, 2.75) is 20.3 Å². The van der Waals surface area contributed by atoms with E-state index in [1.807, 2.05) is 6.08 Å². The molecular weight excluding hydrogens is 332 g/mol. The van der Waals surface area contributed by atoms with Crippen LogP contribution in [0.2, 0.25) is 0 Å². The zero-order valence-corrected chi connectivity index (χ0v) is 14.4. The second-order valence-corrected chi connectivity index (χ2v) is 5.57. The number of aromatic amines is 1. The highest BCUT2D eigenvalue weighted by Crippen LogP contribution is 2.28. The van der Waals surface area contributed by atoms with Crippen molar-refractivity contribution in [2.24, 2.45) is 5.92 Å². The molecule has 2 rings (SSSR count). The molecule has 1 aromatic heterocycles. The molecule has 0 radical (unpaired) electrons. The number of carbonyl (C=O) groups excluding carboxylic acids is 2. The largest absolute Gasteiger partial charge is 0.461 e. The fourth-order valence-corrected chi connectivity index (χ4v) is 2.59. The minimum absolute atomic E-state index is 0.0757. The van der Waals surface area contributed by atoms with Gasteiger partial charge in [-0.1, -0.05) is 30.3 Å². The van der Waals surface area contributed by atoms with Crippen molar-refractivity contribution in [1.82, 2.24) is 10.2 Å². The summed E-state index contributed by atoms with van der Waals surface area (Å²) in [6, 6.07) is 0. The minimum Gasteiger partial charge on any atom is -0.461 e. The van der Waals surface area contributed by atoms with Gasteiger partial charge in [0.15, 0.2) is 5.69 Å². The molecule has 0 aromatic carbocycles. The highest BCUT2D eigenvalue weighted by molar-refractivity contribution is 6.31. The van der Waals surface area contributed by atoms with Gasteiger partial charge in [-0.15, -0.1) is 0 Å². The Kier molecular flexibility index (Phi) is 5.98. The normalized spacial score (nSPS) is 16.7. The van der Waals surface area contributed by atoms with E-state index in [0.717, 1.165) is 5.57 Å². The number of allylic oxidation sites excluding steroid dienone is 5. The van der Waals surface area contributed by atoms with E-state index >= 15 is 0 Å². The molecule has 7 heteroatoms. The Balaban J connectivity index is 2.38. The van der Waals surface area contributed by atoms with Crippen LogP contribution in [0.15, 0.2) is 35.4 Å². The van der Waals surface area contributed by atoms with E-state index in [9.17, 15) is 9.59 Å². The van der Waals surface area contributed by atoms with Crippen LogP contribution < -0.4 is 0 Å². The Morgan fingerprint density at radius 1 is 1.25 bits per heavy atom. The molecule has 0 bridgehead atoms. The maximum atomic E-state index is 12.1. The van der Waals surface area contributed by atoms with Crippen molar-refractivity contribution in [3.05, 3.63) is 52.4 Å². The Labute approximate surface area is 145 Å². The van der Waals surface area contributed by atoms with E-state index in [-0.39, 0.29) is 30.5 Å². The second kappa shape index (κ2) is 7.97. The van der Waals surface area contributed by atoms with Crippen molar-refractivity contribution in [2.75, 3.05) is 13.2 Å². The lowest BCUT2D eigenvalue weighted by Gasteiger charge is -2.17. The lowest BCUT2D eigenvalue weighted by atomic mass is 9.88. The smallest absolute Gasteiger partial charge is 0.359 e. The van der Waals surface area contributed by atoms with Crippen LogP contribution in [-0.2, 0) is 15.9 Å². The molecule has 1 atom stereocenters. The van der Waals surface area contributed by atoms with Crippen molar-refractivity contribution >= 4 is 23.5 Å². The van der Waals surface area contributed by atoms with Gasteiger partial charge in [0.25, 0.3) is 0 Å². The van der Waals surface area contributed by atoms with Gasteiger partial charge in [0.1, 0.15) is 5.69 Å². The van der Waals surface area contributed by atoms with E-state index in [2.05, 4.69) is 16.8 Å². The average Bonchev–Trinajstić information content (AvgIpc) is 2.95. The maximum absolute atomic E-state index is 12.1. The van der Waals surface area contributed by atoms with Gasteiger partial charge in [0, 0.05) is 16.5 Å². The van der Waals surface area contributed by atoms with E-state index < -0.39 is 11.9 Å². The van der Waals surface area contributed by atoms with Crippen molar-refractivity contribution in [3.63, 3.8) is 0 Å². The fourth-order valence-electron chi connectivity index (χ4n) is 2.38. The number of hydrogen-bond acceptors (Lipinski definition) is 5. The predicted molar refractivity (Wildman–Crippen MR) is 89.9 cm³/mol. The predicted octanol–water partition coefficient (Wildman–Crippen LogP) is 3.17. The molecule has 0 saturated carbocycles. The quantitative estimate of drug-likeness (QED) is 0.797. The first-order valence-electron chi connectivity index (χ1n) is 7.63. The molecule has 128 valence electrons. The van der Waals surface area contributed by atoms with Crippen LogP contribution in [0.5, 0.6) is 0 Å². The number of carbonyl (C=O) groups is 2. The van der Waals surface area contributed by atoms with Gasteiger partial charge in [-0.25, -0.2) is 9.59 Å². The molecule has 1 unspecified atom stereocenters. The average molecular weight is 351 g/mol. The lowest BCUT2D eigenvalue weighted by molar-refractivity contribution is 0.0513. The molecule has 1 heterocycles. The summed E-state index contributed by atoms with van der Waals surface area (Å²) in [5.41, 5.74) is 1.48. The van der Waals surface area contributed by atoms with Crippen molar-refractivity contribution in [3.8, 4) is 0 Å². The lowest BCUT2D eigenvalue weighted by Crippen LogP contribution is -2.15. The van der Waals surface area contributed by atoms with Crippen molar-refractivity contribution < 1.29 is 19.1 Å². The van der Waals surface area contributed by atoms with Gasteiger partial charge in [0.2, 0.25) is 0 Å². The van der Waals surface area contributed by atoms with Crippen LogP contribution in [0.3, 0.4) is 0 Å². The number of ether oxygens (including phenoxy) is 2. The van der Waals surface area contributed by atoms with E-state index in [1.165, 1.54) is 0 Å². The Bertz CT molecular complexity index is 683. The summed E-state index contributed by atoms with van der Waals surface area (Å²) >= 11 is 6.05. The molecular formula is C17H19ClN2O4. The number of hydrogen-bond donors (Lipinski definition) is 1. The Morgan fingerprint density at radius 2 is 1.92 bits per heavy atom. The van der Waals surface area contributed by atoms with Crippen LogP contribution in [0.4, 0.5) is 0 Å². The molecule has 1 N–H and O–H groups in total. The van der Waals surface area contributed by atoms with Crippen LogP contribution in [0.25, 0.3) is 0 Å². The first-order valence-corrected chi connectivity index (χ1v) is 8.01. The van der Waals surface area contributed by atoms with Gasteiger partial charge in [-0.05, 0) is 31.9 Å². The molecule has 0 spiro atoms. The molecule has 24 heavy (non-hydrogen) atoms. The molecule has 0 saturated heterocycles. The Morgan fingerprint density at radius 3 is 2.58 bits per heavy atom. The third-order valence-corrected chi connectivity index (χ3v) is 3.78. The highest BCUT2D eigenvalue weighted by Gasteiger charge is 2.28. The third-order valence-electron chi connectivity index (χ3n) is 3.53. The number of nitrogens with one attached hydrogen (secondary N) is 1. The molecule has 6 nitrogen and oxygen atoms in total. The van der Waals surface area contributed by atoms with Crippen LogP contribution in [0, 0.1) is 5.92 Å². The fraction of sp³-hybridized carbons (Fsp3) is 0.353. The Hall–Kier alpha value is -2.34. The summed E-state index contributed by atoms with van der Waals surface area (Å²) < 4.78 is 10.0. The third kappa shape index (κ3) is 3.94. The van der Waals surface area contributed by atoms with Gasteiger partial charge in [-0.2, -0.15) is 5.10 Å². The summed E-state index contributed by atoms with van der Waals surface area (Å²) in [5, 5.41) is 7.11. The molecule has 0 aliphatic heterocycles. The van der Waals surface area contributed by atoms with E-state index in [1.54, 1.807) is 26.0 Å². The summed E-state index contributed by atoms with van der Waals surface area (Å²) in [7, 11) is 0. The number of nitrogens with zero attached hydrogens (tertiary/aromatic N) is 1. The summed E-state index contributed by atoms with van der Waals surface area (Å²) in [4.78, 5) is 24.2. The molecule has 1 aliphatic rings. The number of esters is 2. The number of halogens is 1. The standard InChI is InChI=1S/C17H19ClN2O4/c1-4-23-16(21)14-13(15(20-19-14)17(22)24-5-2)9-11-8-12(18)7-6-10(11)3/h6-8,11H,3-5,9H2,1-2H3,(H,19,20). The van der Waals surface area contributed by atoms with Gasteiger partial charge < -0.3 is 9.47 Å². The number of aromatic nitrogens is 2. The summed E-state index contributed by atoms with van der Waals surface area (Å²) in [6.45, 7) is 7.82. The summed E-state index contributed by atoms with van der Waals surface area (Å²) in [6.07, 6.45) is 5.70. The summed E-state index contributed by atoms with van der Waals surface area (Å²) in [5.74, 6) is -1.31. The maximum Gasteiger partial charge on any atom is 0.359 e.